The van der Waals surface area contributed by atoms with Crippen LogP contribution in [0.25, 0.3) is 0 Å². The van der Waals surface area contributed by atoms with E-state index in [0.29, 0.717) is 17.7 Å². The molecule has 1 heterocycles. The fraction of sp³-hybridized carbons (Fsp3) is 0.333. The van der Waals surface area contributed by atoms with Crippen LogP contribution < -0.4 is 32.2 Å². The van der Waals surface area contributed by atoms with Gasteiger partial charge in [0.05, 0.1) is 17.5 Å². The number of carbonyl (C=O) groups excluding carboxylic acids is 4. The van der Waals surface area contributed by atoms with Crippen LogP contribution in [0.4, 0.5) is 16.3 Å². The zero-order valence-corrected chi connectivity index (χ0v) is 29.1. The molecule has 0 spiro atoms. The van der Waals surface area contributed by atoms with Crippen LogP contribution in [0.5, 0.6) is 0 Å². The van der Waals surface area contributed by atoms with Gasteiger partial charge in [0, 0.05) is 30.4 Å². The Morgan fingerprint density at radius 2 is 1.54 bits per heavy atom. The van der Waals surface area contributed by atoms with Gasteiger partial charge in [-0.05, 0) is 75.6 Å². The number of hydrazine groups is 1. The van der Waals surface area contributed by atoms with Gasteiger partial charge in [-0.2, -0.15) is 13.5 Å². The number of hydrogen-bond donors (Lipinski definition) is 7. The van der Waals surface area contributed by atoms with Gasteiger partial charge in [-0.1, -0.05) is 32.0 Å². The molecule has 50 heavy (non-hydrogen) atoms. The van der Waals surface area contributed by atoms with Crippen molar-refractivity contribution in [1.82, 2.24) is 26.4 Å². The highest BCUT2D eigenvalue weighted by molar-refractivity contribution is 7.86. The highest BCUT2D eigenvalue weighted by Crippen LogP contribution is 2.14. The monoisotopic (exact) mass is 710 g/mol. The second kappa shape index (κ2) is 17.7. The van der Waals surface area contributed by atoms with Crippen molar-refractivity contribution in [1.29, 1.82) is 0 Å². The van der Waals surface area contributed by atoms with E-state index in [2.05, 4.69) is 42.3 Å². The van der Waals surface area contributed by atoms with E-state index in [0.717, 1.165) is 0 Å². The standard InChI is InChI=1S/C33H42N8O8S/c1-21(2)18-26(38-32(45)49-33(3,4)5)31(44)41-39-25-13-10-22(11-14-25)29(42)34-16-17-35-30(43)24-12-15-28(36-19-24)40-37-20-23-8-6-7-9-27(23)50(46,47)48/h6-15,19-21,26,39H,16-18H2,1-5H3,(H,34,42)(H,35,43)(H,36,40)(H,38,45)(H,41,44)(H,46,47,48)/b37-20+/t26-/m0/s1. The Bertz CT molecular complexity index is 1770. The summed E-state index contributed by atoms with van der Waals surface area (Å²) >= 11 is 0. The Morgan fingerprint density at radius 3 is 2.12 bits per heavy atom. The molecule has 0 radical (unpaired) electrons. The summed E-state index contributed by atoms with van der Waals surface area (Å²) in [6.45, 7) is 9.35. The summed E-state index contributed by atoms with van der Waals surface area (Å²) < 4.78 is 37.6. The van der Waals surface area contributed by atoms with E-state index in [9.17, 15) is 32.1 Å². The molecule has 0 saturated heterocycles. The minimum Gasteiger partial charge on any atom is -0.444 e. The lowest BCUT2D eigenvalue weighted by atomic mass is 10.0. The Kier molecular flexibility index (Phi) is 13.8. The Balaban J connectivity index is 1.41. The number of carbonyl (C=O) groups is 4. The largest absolute Gasteiger partial charge is 0.444 e. The van der Waals surface area contributed by atoms with E-state index in [-0.39, 0.29) is 46.8 Å². The lowest BCUT2D eigenvalue weighted by Gasteiger charge is -2.24. The maximum Gasteiger partial charge on any atom is 0.408 e. The lowest BCUT2D eigenvalue weighted by Crippen LogP contribution is -2.50. The van der Waals surface area contributed by atoms with Crippen molar-refractivity contribution >= 4 is 51.7 Å². The van der Waals surface area contributed by atoms with Gasteiger partial charge in [-0.3, -0.25) is 35.2 Å². The predicted molar refractivity (Wildman–Crippen MR) is 187 cm³/mol. The third kappa shape index (κ3) is 13.2. The van der Waals surface area contributed by atoms with Gasteiger partial charge in [0.2, 0.25) is 0 Å². The van der Waals surface area contributed by atoms with Crippen molar-refractivity contribution in [3.63, 3.8) is 0 Å². The number of ether oxygens (including phenoxy) is 1. The van der Waals surface area contributed by atoms with E-state index in [1.54, 1.807) is 51.1 Å². The highest BCUT2D eigenvalue weighted by Gasteiger charge is 2.25. The first-order chi connectivity index (χ1) is 23.5. The summed E-state index contributed by atoms with van der Waals surface area (Å²) in [4.78, 5) is 53.9. The van der Waals surface area contributed by atoms with Gasteiger partial charge in [0.25, 0.3) is 27.8 Å². The molecule has 0 aliphatic heterocycles. The van der Waals surface area contributed by atoms with Crippen LogP contribution in [-0.4, -0.2) is 72.7 Å². The second-order valence-corrected chi connectivity index (χ2v) is 13.7. The smallest absolute Gasteiger partial charge is 0.408 e. The summed E-state index contributed by atoms with van der Waals surface area (Å²) in [6.07, 6.45) is 2.23. The van der Waals surface area contributed by atoms with E-state index in [1.165, 1.54) is 42.7 Å². The molecular formula is C33H42N8O8S. The number of rotatable bonds is 15. The third-order valence-corrected chi connectivity index (χ3v) is 7.42. The molecule has 0 aliphatic rings. The normalized spacial score (nSPS) is 12.1. The number of alkyl carbamates (subject to hydrolysis) is 1. The molecule has 4 amide bonds. The van der Waals surface area contributed by atoms with Crippen molar-refractivity contribution in [3.05, 3.63) is 83.6 Å². The maximum atomic E-state index is 12.8. The molecular weight excluding hydrogens is 668 g/mol. The number of nitrogens with one attached hydrogen (secondary N) is 6. The number of benzene rings is 2. The molecule has 16 nitrogen and oxygen atoms in total. The van der Waals surface area contributed by atoms with Gasteiger partial charge in [-0.25, -0.2) is 9.78 Å². The topological polar surface area (TPSA) is 229 Å². The summed E-state index contributed by atoms with van der Waals surface area (Å²) in [6, 6.07) is 14.3. The van der Waals surface area contributed by atoms with Crippen LogP contribution in [0.3, 0.4) is 0 Å². The average Bonchev–Trinajstić information content (AvgIpc) is 3.04. The average molecular weight is 711 g/mol. The molecule has 0 aliphatic carbocycles. The first-order valence-electron chi connectivity index (χ1n) is 15.6. The highest BCUT2D eigenvalue weighted by atomic mass is 32.2. The fourth-order valence-corrected chi connectivity index (χ4v) is 4.89. The van der Waals surface area contributed by atoms with Crippen molar-refractivity contribution in [3.8, 4) is 0 Å². The zero-order chi connectivity index (χ0) is 36.9. The van der Waals surface area contributed by atoms with E-state index < -0.39 is 39.7 Å². The third-order valence-electron chi connectivity index (χ3n) is 6.49. The molecule has 0 fully saturated rings. The minimum atomic E-state index is -4.42. The van der Waals surface area contributed by atoms with Gasteiger partial charge in [0.1, 0.15) is 22.4 Å². The number of amides is 4. The number of nitrogens with zero attached hydrogens (tertiary/aromatic N) is 2. The predicted octanol–water partition coefficient (Wildman–Crippen LogP) is 3.32. The van der Waals surface area contributed by atoms with E-state index >= 15 is 0 Å². The summed E-state index contributed by atoms with van der Waals surface area (Å²) in [7, 11) is -4.42. The molecule has 0 bridgehead atoms. The molecule has 3 rings (SSSR count). The Labute approximate surface area is 290 Å². The summed E-state index contributed by atoms with van der Waals surface area (Å²) in [5.41, 5.74) is 8.55. The van der Waals surface area contributed by atoms with Crippen LogP contribution in [0.1, 0.15) is 67.3 Å². The Hall–Kier alpha value is -5.55. The van der Waals surface area contributed by atoms with Crippen LogP contribution >= 0.6 is 0 Å². The number of aromatic nitrogens is 1. The molecule has 1 aromatic heterocycles. The zero-order valence-electron chi connectivity index (χ0n) is 28.3. The van der Waals surface area contributed by atoms with Crippen LogP contribution in [0.15, 0.2) is 76.9 Å². The minimum absolute atomic E-state index is 0.126. The SMILES string of the molecule is CC(C)C[C@H](NC(=O)OC(C)(C)C)C(=O)NNc1ccc(C(=O)NCCNC(=O)c2ccc(N/N=C/c3ccccc3S(=O)(=O)O)nc2)cc1. The number of hydrazone groups is 1. The van der Waals surface area contributed by atoms with Crippen molar-refractivity contribution in [2.75, 3.05) is 23.9 Å². The number of hydrogen-bond acceptors (Lipinski definition) is 11. The number of pyridine rings is 1. The first-order valence-corrected chi connectivity index (χ1v) is 17.0. The molecule has 3 aromatic rings. The summed E-state index contributed by atoms with van der Waals surface area (Å²) in [5, 5.41) is 11.9. The molecule has 17 heteroatoms. The van der Waals surface area contributed by atoms with Crippen LogP contribution in [0.2, 0.25) is 0 Å². The first kappa shape index (κ1) is 38.9. The van der Waals surface area contributed by atoms with Gasteiger partial charge in [0.15, 0.2) is 0 Å². The second-order valence-electron chi connectivity index (χ2n) is 12.3. The number of anilines is 2. The van der Waals surface area contributed by atoms with Crippen molar-refractivity contribution in [2.45, 2.75) is 57.6 Å². The van der Waals surface area contributed by atoms with Gasteiger partial charge in [-0.15, -0.1) is 0 Å². The van der Waals surface area contributed by atoms with Crippen molar-refractivity contribution in [2.24, 2.45) is 11.0 Å². The van der Waals surface area contributed by atoms with Crippen LogP contribution in [-0.2, 0) is 19.6 Å². The van der Waals surface area contributed by atoms with E-state index in [4.69, 9.17) is 4.74 Å². The van der Waals surface area contributed by atoms with Gasteiger partial charge < -0.3 is 20.7 Å². The van der Waals surface area contributed by atoms with Crippen LogP contribution in [0, 0.1) is 5.92 Å². The quantitative estimate of drug-likeness (QED) is 0.0524. The Morgan fingerprint density at radius 1 is 0.920 bits per heavy atom. The van der Waals surface area contributed by atoms with Crippen molar-refractivity contribution < 1.29 is 36.9 Å². The van der Waals surface area contributed by atoms with Gasteiger partial charge >= 0.3 is 6.09 Å². The molecule has 1 atom stereocenters. The molecule has 268 valence electrons. The molecule has 7 N–H and O–H groups in total. The molecule has 2 aromatic carbocycles. The molecule has 0 saturated carbocycles. The molecule has 0 unspecified atom stereocenters. The summed E-state index contributed by atoms with van der Waals surface area (Å²) in [5.74, 6) is -0.836. The van der Waals surface area contributed by atoms with E-state index in [1.807, 2.05) is 13.8 Å². The fourth-order valence-electron chi connectivity index (χ4n) is 4.22. The lowest BCUT2D eigenvalue weighted by molar-refractivity contribution is -0.123. The maximum absolute atomic E-state index is 12.8.